The van der Waals surface area contributed by atoms with Crippen molar-refractivity contribution in [2.45, 2.75) is 32.4 Å². The van der Waals surface area contributed by atoms with Gasteiger partial charge in [-0.15, -0.1) is 0 Å². The normalized spacial score (nSPS) is 15.3. The Morgan fingerprint density at radius 2 is 1.77 bits per heavy atom. The molecule has 2 aromatic carbocycles. The lowest BCUT2D eigenvalue weighted by Gasteiger charge is -2.26. The molecule has 5 nitrogen and oxygen atoms in total. The molecule has 0 fully saturated rings. The lowest BCUT2D eigenvalue weighted by molar-refractivity contribution is -0.201. The van der Waals surface area contributed by atoms with E-state index < -0.39 is 18.1 Å². The molecule has 0 aromatic heterocycles. The number of rotatable bonds is 9. The smallest absolute Gasteiger partial charge is 0.491 e. The lowest BCUT2D eigenvalue weighted by Crippen LogP contribution is -2.33. The Hall–Kier alpha value is -2.84. The maximum atomic E-state index is 12.1. The average molecular weight is 510 g/mol. The van der Waals surface area contributed by atoms with Crippen LogP contribution in [0.5, 0.6) is 5.75 Å². The molecule has 1 atom stereocenters. The standard InChI is InChI=1S/C26H27ClF3NO4/c1-18(16-19-2-6-22(27)7-3-19)17-34-23-8-4-20(5-9-23)21-10-13-31(14-11-21)15-12-24(32)35-25(33)26(28,29)30/h2-10,18H,11-17H2,1H3/t18-/m0/s1. The Balaban J connectivity index is 1.41. The van der Waals surface area contributed by atoms with Gasteiger partial charge in [-0.05, 0) is 59.7 Å². The van der Waals surface area contributed by atoms with Gasteiger partial charge in [0.15, 0.2) is 0 Å². The third kappa shape index (κ3) is 8.71. The molecule has 0 aliphatic carbocycles. The first kappa shape index (κ1) is 26.8. The fourth-order valence-corrected chi connectivity index (χ4v) is 3.85. The molecule has 0 amide bonds. The summed E-state index contributed by atoms with van der Waals surface area (Å²) in [5.74, 6) is -2.53. The fraction of sp³-hybridized carbons (Fsp3) is 0.385. The van der Waals surface area contributed by atoms with E-state index >= 15 is 0 Å². The topological polar surface area (TPSA) is 55.8 Å². The van der Waals surface area contributed by atoms with Gasteiger partial charge in [0.05, 0.1) is 13.0 Å². The Kier molecular flexibility index (Phi) is 9.34. The molecule has 0 saturated heterocycles. The van der Waals surface area contributed by atoms with Gasteiger partial charge in [-0.1, -0.05) is 48.9 Å². The van der Waals surface area contributed by atoms with Crippen molar-refractivity contribution in [2.75, 3.05) is 26.2 Å². The second-order valence-electron chi connectivity index (χ2n) is 8.56. The first-order valence-electron chi connectivity index (χ1n) is 11.3. The van der Waals surface area contributed by atoms with Crippen molar-refractivity contribution < 1.29 is 32.2 Å². The first-order valence-corrected chi connectivity index (χ1v) is 11.7. The minimum Gasteiger partial charge on any atom is -0.493 e. The van der Waals surface area contributed by atoms with Crippen LogP contribution in [0.15, 0.2) is 54.6 Å². The minimum atomic E-state index is -5.17. The van der Waals surface area contributed by atoms with E-state index in [1.54, 1.807) is 0 Å². The Labute approximate surface area is 207 Å². The van der Waals surface area contributed by atoms with E-state index in [0.29, 0.717) is 25.6 Å². The number of nitrogens with zero attached hydrogens (tertiary/aromatic N) is 1. The van der Waals surface area contributed by atoms with E-state index in [4.69, 9.17) is 16.3 Å². The first-order chi connectivity index (χ1) is 16.6. The van der Waals surface area contributed by atoms with Gasteiger partial charge in [0.25, 0.3) is 0 Å². The molecule has 3 rings (SSSR count). The van der Waals surface area contributed by atoms with Gasteiger partial charge < -0.3 is 9.47 Å². The van der Waals surface area contributed by atoms with Gasteiger partial charge >= 0.3 is 18.1 Å². The lowest BCUT2D eigenvalue weighted by atomic mass is 9.99. The maximum absolute atomic E-state index is 12.1. The molecule has 0 unspecified atom stereocenters. The molecule has 1 aliphatic heterocycles. The van der Waals surface area contributed by atoms with E-state index in [2.05, 4.69) is 11.7 Å². The van der Waals surface area contributed by atoms with Crippen molar-refractivity contribution in [2.24, 2.45) is 5.92 Å². The van der Waals surface area contributed by atoms with Crippen molar-refractivity contribution in [1.82, 2.24) is 4.90 Å². The van der Waals surface area contributed by atoms with Crippen molar-refractivity contribution in [3.63, 3.8) is 0 Å². The molecule has 0 N–H and O–H groups in total. The van der Waals surface area contributed by atoms with E-state index in [9.17, 15) is 22.8 Å². The molecule has 1 heterocycles. The van der Waals surface area contributed by atoms with Crippen LogP contribution >= 0.6 is 11.6 Å². The zero-order valence-corrected chi connectivity index (χ0v) is 20.1. The zero-order chi connectivity index (χ0) is 25.4. The number of carbonyl (C=O) groups excluding carboxylic acids is 2. The monoisotopic (exact) mass is 509 g/mol. The summed E-state index contributed by atoms with van der Waals surface area (Å²) in [5, 5.41) is 0.723. The highest BCUT2D eigenvalue weighted by Gasteiger charge is 2.42. The van der Waals surface area contributed by atoms with E-state index in [1.807, 2.05) is 59.5 Å². The second-order valence-corrected chi connectivity index (χ2v) is 9.00. The number of hydrogen-bond acceptors (Lipinski definition) is 5. The van der Waals surface area contributed by atoms with Gasteiger partial charge in [-0.3, -0.25) is 9.69 Å². The number of hydrogen-bond donors (Lipinski definition) is 0. The van der Waals surface area contributed by atoms with Crippen LogP contribution in [0.3, 0.4) is 0 Å². The predicted molar refractivity (Wildman–Crippen MR) is 127 cm³/mol. The number of carbonyl (C=O) groups is 2. The van der Waals surface area contributed by atoms with Crippen molar-refractivity contribution in [1.29, 1.82) is 0 Å². The zero-order valence-electron chi connectivity index (χ0n) is 19.3. The molecular formula is C26H27ClF3NO4. The molecule has 35 heavy (non-hydrogen) atoms. The number of alkyl halides is 3. The fourth-order valence-electron chi connectivity index (χ4n) is 3.72. The predicted octanol–water partition coefficient (Wildman–Crippen LogP) is 5.71. The summed E-state index contributed by atoms with van der Waals surface area (Å²) in [6.45, 7) is 4.14. The van der Waals surface area contributed by atoms with Gasteiger partial charge in [0.1, 0.15) is 5.75 Å². The summed E-state index contributed by atoms with van der Waals surface area (Å²) in [5.41, 5.74) is 3.44. The summed E-state index contributed by atoms with van der Waals surface area (Å²) in [6, 6.07) is 15.7. The van der Waals surface area contributed by atoms with Crippen LogP contribution in [0, 0.1) is 5.92 Å². The molecular weight excluding hydrogens is 483 g/mol. The van der Waals surface area contributed by atoms with Crippen LogP contribution in [0.4, 0.5) is 13.2 Å². The summed E-state index contributed by atoms with van der Waals surface area (Å²) in [7, 11) is 0. The number of benzene rings is 2. The molecule has 2 aromatic rings. The highest BCUT2D eigenvalue weighted by Crippen LogP contribution is 2.25. The Morgan fingerprint density at radius 1 is 1.09 bits per heavy atom. The highest BCUT2D eigenvalue weighted by molar-refractivity contribution is 6.30. The summed E-state index contributed by atoms with van der Waals surface area (Å²) >= 11 is 5.93. The Morgan fingerprint density at radius 3 is 2.37 bits per heavy atom. The largest absolute Gasteiger partial charge is 0.493 e. The van der Waals surface area contributed by atoms with Crippen LogP contribution in [0.1, 0.15) is 30.9 Å². The molecule has 188 valence electrons. The van der Waals surface area contributed by atoms with E-state index in [0.717, 1.165) is 34.8 Å². The maximum Gasteiger partial charge on any atom is 0.491 e. The van der Waals surface area contributed by atoms with Gasteiger partial charge in [0, 0.05) is 24.7 Å². The van der Waals surface area contributed by atoms with E-state index in [1.165, 1.54) is 5.56 Å². The van der Waals surface area contributed by atoms with Crippen molar-refractivity contribution in [3.8, 4) is 5.75 Å². The molecule has 0 spiro atoms. The van der Waals surface area contributed by atoms with Gasteiger partial charge in [-0.25, -0.2) is 4.79 Å². The van der Waals surface area contributed by atoms with Crippen LogP contribution < -0.4 is 4.74 Å². The third-order valence-electron chi connectivity index (χ3n) is 5.62. The van der Waals surface area contributed by atoms with Crippen molar-refractivity contribution in [3.05, 3.63) is 70.8 Å². The number of esters is 2. The molecule has 0 saturated carbocycles. The van der Waals surface area contributed by atoms with Crippen LogP contribution in [-0.2, 0) is 20.7 Å². The van der Waals surface area contributed by atoms with Gasteiger partial charge in [0.2, 0.25) is 0 Å². The SMILES string of the molecule is C[C@H](COc1ccc(C2=CCN(CCC(=O)OC(=O)C(F)(F)F)CC2)cc1)Cc1ccc(Cl)cc1. The summed E-state index contributed by atoms with van der Waals surface area (Å²) in [6.07, 6.45) is -1.80. The second kappa shape index (κ2) is 12.2. The van der Waals surface area contributed by atoms with Crippen LogP contribution in [-0.4, -0.2) is 49.3 Å². The highest BCUT2D eigenvalue weighted by atomic mass is 35.5. The Bertz CT molecular complexity index is 1040. The van der Waals surface area contributed by atoms with Crippen molar-refractivity contribution >= 4 is 29.1 Å². The number of ether oxygens (including phenoxy) is 2. The minimum absolute atomic E-state index is 0.217. The molecule has 1 aliphatic rings. The van der Waals surface area contributed by atoms with E-state index in [-0.39, 0.29) is 13.0 Å². The van der Waals surface area contributed by atoms with Crippen LogP contribution in [0.25, 0.3) is 5.57 Å². The summed E-state index contributed by atoms with van der Waals surface area (Å²) in [4.78, 5) is 24.1. The average Bonchev–Trinajstić information content (AvgIpc) is 2.83. The van der Waals surface area contributed by atoms with Gasteiger partial charge in [-0.2, -0.15) is 13.2 Å². The third-order valence-corrected chi connectivity index (χ3v) is 5.87. The summed E-state index contributed by atoms with van der Waals surface area (Å²) < 4.78 is 46.2. The molecule has 0 bridgehead atoms. The quantitative estimate of drug-likeness (QED) is 0.320. The number of halogens is 4. The molecule has 0 radical (unpaired) electrons. The molecule has 9 heteroatoms. The van der Waals surface area contributed by atoms with Crippen LogP contribution in [0.2, 0.25) is 5.02 Å².